The molecule has 1 atom stereocenters. The third-order valence-electron chi connectivity index (χ3n) is 2.88. The van der Waals surface area contributed by atoms with Gasteiger partial charge in [-0.3, -0.25) is 0 Å². The van der Waals surface area contributed by atoms with Crippen LogP contribution in [0, 0.1) is 0 Å². The van der Waals surface area contributed by atoms with Crippen molar-refractivity contribution in [1.29, 1.82) is 0 Å². The van der Waals surface area contributed by atoms with Crippen molar-refractivity contribution in [3.63, 3.8) is 0 Å². The lowest BCUT2D eigenvalue weighted by Gasteiger charge is -2.24. The lowest BCUT2D eigenvalue weighted by Crippen LogP contribution is -2.50. The van der Waals surface area contributed by atoms with Crippen molar-refractivity contribution in [2.75, 3.05) is 0 Å². The highest BCUT2D eigenvalue weighted by atomic mass is 16.4. The number of hydrogen-bond acceptors (Lipinski definition) is 3. The Bertz CT molecular complexity index is 655. The Morgan fingerprint density at radius 1 is 1.17 bits per heavy atom. The summed E-state index contributed by atoms with van der Waals surface area (Å²) < 4.78 is 0.644. The van der Waals surface area contributed by atoms with Crippen LogP contribution in [0.1, 0.15) is 12.5 Å². The fourth-order valence-corrected chi connectivity index (χ4v) is 1.83. The van der Waals surface area contributed by atoms with Gasteiger partial charge in [0.25, 0.3) is 0 Å². The summed E-state index contributed by atoms with van der Waals surface area (Å²) in [4.78, 5) is 34.7. The molecule has 94 valence electrons. The summed E-state index contributed by atoms with van der Waals surface area (Å²) >= 11 is 0. The van der Waals surface area contributed by atoms with Crippen LogP contribution in [0.15, 0.2) is 39.9 Å². The van der Waals surface area contributed by atoms with Crippen molar-refractivity contribution in [3.8, 4) is 0 Å². The molecule has 7 heteroatoms. The van der Waals surface area contributed by atoms with Gasteiger partial charge in [0.1, 0.15) is 0 Å². The third-order valence-corrected chi connectivity index (χ3v) is 2.88. The molecule has 0 fully saturated rings. The summed E-state index contributed by atoms with van der Waals surface area (Å²) in [6, 6.07) is 8.10. The maximum Gasteiger partial charge on any atom is 0.345 e. The van der Waals surface area contributed by atoms with Crippen LogP contribution >= 0.6 is 0 Å². The maximum atomic E-state index is 11.6. The van der Waals surface area contributed by atoms with Crippen LogP contribution in [0.4, 0.5) is 0 Å². The highest BCUT2D eigenvalue weighted by Crippen LogP contribution is 2.23. The molecule has 18 heavy (non-hydrogen) atoms. The maximum absolute atomic E-state index is 11.6. The van der Waals surface area contributed by atoms with Gasteiger partial charge in [-0.2, -0.15) is 0 Å². The van der Waals surface area contributed by atoms with Gasteiger partial charge in [-0.25, -0.2) is 29.1 Å². The second-order valence-corrected chi connectivity index (χ2v) is 3.94. The zero-order valence-corrected chi connectivity index (χ0v) is 9.51. The van der Waals surface area contributed by atoms with E-state index in [0.717, 1.165) is 0 Å². The first kappa shape index (κ1) is 11.9. The Hall–Kier alpha value is -2.57. The van der Waals surface area contributed by atoms with E-state index in [2.05, 4.69) is 10.2 Å². The van der Waals surface area contributed by atoms with Crippen molar-refractivity contribution in [1.82, 2.24) is 14.8 Å². The van der Waals surface area contributed by atoms with Crippen LogP contribution in [0.3, 0.4) is 0 Å². The minimum atomic E-state index is -1.76. The second kappa shape index (κ2) is 4.02. The van der Waals surface area contributed by atoms with Gasteiger partial charge in [-0.05, 0) is 12.5 Å². The first-order chi connectivity index (χ1) is 8.48. The SMILES string of the molecule is CC(C(=O)O)(c1ccccc1)n1c(=O)[nH][nH]c1=O. The van der Waals surface area contributed by atoms with Gasteiger partial charge in [0, 0.05) is 0 Å². The van der Waals surface area contributed by atoms with Crippen molar-refractivity contribution in [3.05, 3.63) is 56.9 Å². The number of carbonyl (C=O) groups is 1. The lowest BCUT2D eigenvalue weighted by atomic mass is 9.92. The number of nitrogens with one attached hydrogen (secondary N) is 2. The summed E-state index contributed by atoms with van der Waals surface area (Å²) in [6.45, 7) is 1.30. The molecule has 1 aromatic heterocycles. The number of H-pyrrole nitrogens is 2. The summed E-state index contributed by atoms with van der Waals surface area (Å²) in [5, 5.41) is 13.5. The van der Waals surface area contributed by atoms with Crippen LogP contribution < -0.4 is 11.4 Å². The molecule has 0 aliphatic rings. The van der Waals surface area contributed by atoms with Crippen LogP contribution in [0.25, 0.3) is 0 Å². The number of aliphatic carboxylic acids is 1. The average molecular weight is 249 g/mol. The molecule has 2 rings (SSSR count). The van der Waals surface area contributed by atoms with Crippen molar-refractivity contribution < 1.29 is 9.90 Å². The molecule has 1 aromatic carbocycles. The van der Waals surface area contributed by atoms with Gasteiger partial charge in [-0.1, -0.05) is 30.3 Å². The molecule has 7 nitrogen and oxygen atoms in total. The monoisotopic (exact) mass is 249 g/mol. The molecule has 1 heterocycles. The first-order valence-corrected chi connectivity index (χ1v) is 5.17. The average Bonchev–Trinajstić information content (AvgIpc) is 2.69. The zero-order valence-electron chi connectivity index (χ0n) is 9.51. The molecule has 0 saturated carbocycles. The standard InChI is InChI=1S/C11H11N3O4/c1-11(8(15)16,7-5-3-2-4-6-7)14-9(17)12-13-10(14)18/h2-6H,1H3,(H,12,17)(H,13,18)(H,15,16). The van der Waals surface area contributed by atoms with Gasteiger partial charge >= 0.3 is 17.3 Å². The van der Waals surface area contributed by atoms with E-state index in [0.29, 0.717) is 10.1 Å². The number of hydrogen-bond donors (Lipinski definition) is 3. The Labute approximate surface area is 101 Å². The minimum Gasteiger partial charge on any atom is -0.479 e. The molecule has 0 radical (unpaired) electrons. The molecule has 0 spiro atoms. The van der Waals surface area contributed by atoms with E-state index in [4.69, 9.17) is 0 Å². The van der Waals surface area contributed by atoms with E-state index in [1.807, 2.05) is 0 Å². The molecular weight excluding hydrogens is 238 g/mol. The number of carboxylic acids is 1. The summed E-state index contributed by atoms with van der Waals surface area (Å²) in [5.41, 5.74) is -3.02. The zero-order chi connectivity index (χ0) is 13.3. The Morgan fingerprint density at radius 3 is 2.11 bits per heavy atom. The van der Waals surface area contributed by atoms with Gasteiger partial charge in [0.2, 0.25) is 0 Å². The number of aromatic amines is 2. The van der Waals surface area contributed by atoms with E-state index in [9.17, 15) is 19.5 Å². The Morgan fingerprint density at radius 2 is 1.67 bits per heavy atom. The van der Waals surface area contributed by atoms with Gasteiger partial charge in [-0.15, -0.1) is 0 Å². The fraction of sp³-hybridized carbons (Fsp3) is 0.182. The minimum absolute atomic E-state index is 0.338. The summed E-state index contributed by atoms with van der Waals surface area (Å²) in [7, 11) is 0. The van der Waals surface area contributed by atoms with Crippen LogP contribution in [0.5, 0.6) is 0 Å². The quantitative estimate of drug-likeness (QED) is 0.694. The van der Waals surface area contributed by atoms with E-state index in [1.165, 1.54) is 6.92 Å². The molecule has 0 aliphatic carbocycles. The number of nitrogens with zero attached hydrogens (tertiary/aromatic N) is 1. The molecule has 0 saturated heterocycles. The largest absolute Gasteiger partial charge is 0.479 e. The molecule has 0 aliphatic heterocycles. The molecule has 3 N–H and O–H groups in total. The third kappa shape index (κ3) is 1.56. The number of benzene rings is 1. The number of carboxylic acid groups (broad SMARTS) is 1. The lowest BCUT2D eigenvalue weighted by molar-refractivity contribution is -0.144. The summed E-state index contributed by atoms with van der Waals surface area (Å²) in [5.74, 6) is -1.29. The highest BCUT2D eigenvalue weighted by Gasteiger charge is 2.40. The molecule has 0 bridgehead atoms. The number of aromatic nitrogens is 3. The molecule has 2 aromatic rings. The predicted molar refractivity (Wildman–Crippen MR) is 62.5 cm³/mol. The van der Waals surface area contributed by atoms with E-state index >= 15 is 0 Å². The summed E-state index contributed by atoms with van der Waals surface area (Å²) in [6.07, 6.45) is 0. The van der Waals surface area contributed by atoms with Crippen molar-refractivity contribution >= 4 is 5.97 Å². The number of rotatable bonds is 3. The smallest absolute Gasteiger partial charge is 0.345 e. The van der Waals surface area contributed by atoms with Gasteiger partial charge < -0.3 is 5.11 Å². The topological polar surface area (TPSA) is 108 Å². The van der Waals surface area contributed by atoms with Gasteiger partial charge in [0.05, 0.1) is 0 Å². The van der Waals surface area contributed by atoms with Crippen molar-refractivity contribution in [2.24, 2.45) is 0 Å². The van der Waals surface area contributed by atoms with Crippen LogP contribution in [0.2, 0.25) is 0 Å². The highest BCUT2D eigenvalue weighted by molar-refractivity contribution is 5.80. The van der Waals surface area contributed by atoms with Gasteiger partial charge in [0.15, 0.2) is 5.54 Å². The molecule has 1 unspecified atom stereocenters. The Kier molecular flexibility index (Phi) is 2.66. The molecular formula is C11H11N3O4. The predicted octanol–water partition coefficient (Wildman–Crippen LogP) is -0.287. The van der Waals surface area contributed by atoms with Crippen molar-refractivity contribution in [2.45, 2.75) is 12.5 Å². The van der Waals surface area contributed by atoms with E-state index in [-0.39, 0.29) is 0 Å². The van der Waals surface area contributed by atoms with E-state index in [1.54, 1.807) is 30.3 Å². The van der Waals surface area contributed by atoms with Crippen LogP contribution in [-0.4, -0.2) is 25.8 Å². The second-order valence-electron chi connectivity index (χ2n) is 3.94. The normalized spacial score (nSPS) is 14.1. The Balaban J connectivity index is 2.79. The van der Waals surface area contributed by atoms with Crippen LogP contribution in [-0.2, 0) is 10.3 Å². The molecule has 0 amide bonds. The van der Waals surface area contributed by atoms with E-state index < -0.39 is 22.9 Å². The first-order valence-electron chi connectivity index (χ1n) is 5.17. The fourth-order valence-electron chi connectivity index (χ4n) is 1.83.